The van der Waals surface area contributed by atoms with Crippen molar-refractivity contribution in [1.29, 1.82) is 0 Å². The highest BCUT2D eigenvalue weighted by Crippen LogP contribution is 2.30. The fraction of sp³-hybridized carbons (Fsp3) is 0.273. The molecule has 3 heterocycles. The quantitative estimate of drug-likeness (QED) is 0.549. The largest absolute Gasteiger partial charge is 0.376 e. The van der Waals surface area contributed by atoms with Gasteiger partial charge in [0.15, 0.2) is 11.5 Å². The van der Waals surface area contributed by atoms with Crippen LogP contribution in [0.5, 0.6) is 0 Å². The van der Waals surface area contributed by atoms with Gasteiger partial charge in [0.25, 0.3) is 5.91 Å². The molecule has 0 spiro atoms. The third-order valence-electron chi connectivity index (χ3n) is 5.36. The summed E-state index contributed by atoms with van der Waals surface area (Å²) in [5.41, 5.74) is 3.45. The molecule has 8 heteroatoms. The van der Waals surface area contributed by atoms with Crippen LogP contribution in [-0.4, -0.2) is 45.3 Å². The first-order chi connectivity index (χ1) is 14.7. The second-order valence-corrected chi connectivity index (χ2v) is 7.36. The molecule has 0 radical (unpaired) electrons. The van der Waals surface area contributed by atoms with E-state index in [1.165, 1.54) is 0 Å². The number of ether oxygens (including phenoxy) is 1. The van der Waals surface area contributed by atoms with Crippen molar-refractivity contribution in [1.82, 2.24) is 25.5 Å². The predicted molar refractivity (Wildman–Crippen MR) is 110 cm³/mol. The van der Waals surface area contributed by atoms with E-state index in [2.05, 4.69) is 20.8 Å². The van der Waals surface area contributed by atoms with Gasteiger partial charge in [-0.15, -0.1) is 5.10 Å². The van der Waals surface area contributed by atoms with Gasteiger partial charge in [-0.2, -0.15) is 0 Å². The first-order valence-corrected chi connectivity index (χ1v) is 9.98. The van der Waals surface area contributed by atoms with Crippen molar-refractivity contribution < 1.29 is 14.1 Å². The maximum atomic E-state index is 12.6. The van der Waals surface area contributed by atoms with Crippen molar-refractivity contribution >= 4 is 16.8 Å². The minimum Gasteiger partial charge on any atom is -0.376 e. The van der Waals surface area contributed by atoms with E-state index < -0.39 is 0 Å². The van der Waals surface area contributed by atoms with Crippen LogP contribution in [-0.2, 0) is 4.74 Å². The lowest BCUT2D eigenvalue weighted by atomic mass is 10.1. The summed E-state index contributed by atoms with van der Waals surface area (Å²) in [5.74, 6) is 0.449. The lowest BCUT2D eigenvalue weighted by molar-refractivity contribution is 0.0853. The number of hydrogen-bond donors (Lipinski definition) is 1. The lowest BCUT2D eigenvalue weighted by Crippen LogP contribution is -2.32. The highest BCUT2D eigenvalue weighted by atomic mass is 16.5. The number of nitrogens with one attached hydrogen (secondary N) is 1. The van der Waals surface area contributed by atoms with Crippen LogP contribution >= 0.6 is 0 Å². The molecule has 1 N–H and O–H groups in total. The molecule has 4 aromatic rings. The Morgan fingerprint density at radius 2 is 2.10 bits per heavy atom. The third-order valence-corrected chi connectivity index (χ3v) is 5.36. The summed E-state index contributed by atoms with van der Waals surface area (Å²) in [6, 6.07) is 15.5. The number of carbonyl (C=O) groups is 1. The van der Waals surface area contributed by atoms with E-state index in [1.807, 2.05) is 55.5 Å². The number of rotatable bonds is 5. The molecule has 1 saturated heterocycles. The second-order valence-electron chi connectivity index (χ2n) is 7.36. The van der Waals surface area contributed by atoms with E-state index in [4.69, 9.17) is 9.26 Å². The SMILES string of the molecule is Cc1c(C(=O)NC[C@H]2CCCO2)nnn1-c1ccc2noc(-c3ccccc3)c2c1. The zero-order valence-corrected chi connectivity index (χ0v) is 16.5. The predicted octanol–water partition coefficient (Wildman–Crippen LogP) is 3.29. The standard InChI is InChI=1S/C22H21N5O3/c1-14-20(22(28)23-13-17-8-5-11-29-17)24-26-27(14)16-9-10-19-18(12-16)21(30-25-19)15-6-3-2-4-7-15/h2-4,6-7,9-10,12,17H,5,8,11,13H2,1H3,(H,23,28)/t17-/m1/s1. The van der Waals surface area contributed by atoms with E-state index in [1.54, 1.807) is 4.68 Å². The molecule has 2 aromatic heterocycles. The van der Waals surface area contributed by atoms with Crippen LogP contribution in [0, 0.1) is 6.92 Å². The number of hydrogen-bond acceptors (Lipinski definition) is 6. The zero-order valence-electron chi connectivity index (χ0n) is 16.5. The van der Waals surface area contributed by atoms with Crippen LogP contribution in [0.2, 0.25) is 0 Å². The van der Waals surface area contributed by atoms with Crippen molar-refractivity contribution in [2.45, 2.75) is 25.9 Å². The van der Waals surface area contributed by atoms with E-state index in [0.717, 1.165) is 41.6 Å². The van der Waals surface area contributed by atoms with Gasteiger partial charge in [-0.25, -0.2) is 4.68 Å². The molecular formula is C22H21N5O3. The zero-order chi connectivity index (χ0) is 20.5. The highest BCUT2D eigenvalue weighted by molar-refractivity contribution is 5.94. The normalized spacial score (nSPS) is 16.2. The maximum Gasteiger partial charge on any atom is 0.273 e. The van der Waals surface area contributed by atoms with Gasteiger partial charge in [0, 0.05) is 18.7 Å². The molecule has 1 aliphatic heterocycles. The Labute approximate surface area is 172 Å². The van der Waals surface area contributed by atoms with E-state index in [9.17, 15) is 4.79 Å². The smallest absolute Gasteiger partial charge is 0.273 e. The molecule has 152 valence electrons. The first kappa shape index (κ1) is 18.5. The van der Waals surface area contributed by atoms with Gasteiger partial charge in [0.2, 0.25) is 0 Å². The van der Waals surface area contributed by atoms with Crippen LogP contribution in [0.25, 0.3) is 27.9 Å². The Morgan fingerprint density at radius 3 is 2.90 bits per heavy atom. The average Bonchev–Trinajstić information content (AvgIpc) is 3.52. The third kappa shape index (κ3) is 3.35. The first-order valence-electron chi connectivity index (χ1n) is 9.98. The highest BCUT2D eigenvalue weighted by Gasteiger charge is 2.21. The number of amides is 1. The van der Waals surface area contributed by atoms with Crippen LogP contribution < -0.4 is 5.32 Å². The molecule has 1 atom stereocenters. The van der Waals surface area contributed by atoms with Gasteiger partial charge in [-0.1, -0.05) is 40.7 Å². The lowest BCUT2D eigenvalue weighted by Gasteiger charge is -2.10. The van der Waals surface area contributed by atoms with Gasteiger partial charge >= 0.3 is 0 Å². The molecule has 8 nitrogen and oxygen atoms in total. The molecule has 0 saturated carbocycles. The van der Waals surface area contributed by atoms with Gasteiger partial charge < -0.3 is 14.6 Å². The molecule has 0 aliphatic carbocycles. The number of carbonyl (C=O) groups excluding carboxylic acids is 1. The van der Waals surface area contributed by atoms with Crippen LogP contribution in [0.4, 0.5) is 0 Å². The second kappa shape index (κ2) is 7.72. The Kier molecular flexibility index (Phi) is 4.76. The van der Waals surface area contributed by atoms with Crippen LogP contribution in [0.3, 0.4) is 0 Å². The monoisotopic (exact) mass is 403 g/mol. The average molecular weight is 403 g/mol. The fourth-order valence-electron chi connectivity index (χ4n) is 3.74. The van der Waals surface area contributed by atoms with Crippen molar-refractivity contribution in [3.8, 4) is 17.0 Å². The maximum absolute atomic E-state index is 12.6. The van der Waals surface area contributed by atoms with Gasteiger partial charge in [-0.05, 0) is 38.0 Å². The number of aromatic nitrogens is 4. The topological polar surface area (TPSA) is 95.1 Å². The molecule has 1 fully saturated rings. The van der Waals surface area contributed by atoms with Crippen molar-refractivity contribution in [3.63, 3.8) is 0 Å². The molecular weight excluding hydrogens is 382 g/mol. The number of nitrogens with zero attached hydrogens (tertiary/aromatic N) is 4. The summed E-state index contributed by atoms with van der Waals surface area (Å²) < 4.78 is 12.8. The summed E-state index contributed by atoms with van der Waals surface area (Å²) in [6.45, 7) is 3.07. The molecule has 30 heavy (non-hydrogen) atoms. The molecule has 5 rings (SSSR count). The van der Waals surface area contributed by atoms with Gasteiger partial charge in [0.1, 0.15) is 5.52 Å². The molecule has 1 aliphatic rings. The molecule has 0 unspecified atom stereocenters. The van der Waals surface area contributed by atoms with Crippen molar-refractivity contribution in [3.05, 3.63) is 59.9 Å². The fourth-order valence-corrected chi connectivity index (χ4v) is 3.74. The van der Waals surface area contributed by atoms with E-state index in [0.29, 0.717) is 23.7 Å². The Morgan fingerprint density at radius 1 is 1.23 bits per heavy atom. The number of fused-ring (bicyclic) bond motifs is 1. The summed E-state index contributed by atoms with van der Waals surface area (Å²) in [4.78, 5) is 12.6. The van der Waals surface area contributed by atoms with Gasteiger partial charge in [-0.3, -0.25) is 4.79 Å². The number of benzene rings is 2. The Balaban J connectivity index is 1.43. The Bertz CT molecular complexity index is 1190. The molecule has 2 aromatic carbocycles. The van der Waals surface area contributed by atoms with Crippen LogP contribution in [0.15, 0.2) is 53.1 Å². The van der Waals surface area contributed by atoms with E-state index in [-0.39, 0.29) is 12.0 Å². The summed E-state index contributed by atoms with van der Waals surface area (Å²) >= 11 is 0. The van der Waals surface area contributed by atoms with Crippen molar-refractivity contribution in [2.75, 3.05) is 13.2 Å². The summed E-state index contributed by atoms with van der Waals surface area (Å²) in [6.07, 6.45) is 2.08. The van der Waals surface area contributed by atoms with Gasteiger partial charge in [0.05, 0.1) is 22.9 Å². The van der Waals surface area contributed by atoms with E-state index >= 15 is 0 Å². The molecule has 0 bridgehead atoms. The Hall–Kier alpha value is -3.52. The molecule has 1 amide bonds. The minimum atomic E-state index is -0.245. The minimum absolute atomic E-state index is 0.0803. The summed E-state index contributed by atoms with van der Waals surface area (Å²) in [7, 11) is 0. The van der Waals surface area contributed by atoms with Crippen molar-refractivity contribution in [2.24, 2.45) is 0 Å². The van der Waals surface area contributed by atoms with Crippen LogP contribution in [0.1, 0.15) is 29.0 Å². The summed E-state index contributed by atoms with van der Waals surface area (Å²) in [5, 5.41) is 16.2.